The Kier molecular flexibility index (Phi) is 7.10. The van der Waals surface area contributed by atoms with Crippen LogP contribution in [0.5, 0.6) is 0 Å². The smallest absolute Gasteiger partial charge is 0.237 e. The Morgan fingerprint density at radius 3 is 2.52 bits per heavy atom. The predicted molar refractivity (Wildman–Crippen MR) is 88.2 cm³/mol. The van der Waals surface area contributed by atoms with Crippen LogP contribution in [0.3, 0.4) is 0 Å². The van der Waals surface area contributed by atoms with Crippen LogP contribution in [0.4, 0.5) is 0 Å². The molecular formula is C16H34N4O. The van der Waals surface area contributed by atoms with Gasteiger partial charge in [0, 0.05) is 25.7 Å². The van der Waals surface area contributed by atoms with E-state index in [0.717, 1.165) is 45.4 Å². The molecular weight excluding hydrogens is 264 g/mol. The first-order valence-corrected chi connectivity index (χ1v) is 8.24. The Bertz CT molecular complexity index is 332. The molecule has 1 saturated carbocycles. The summed E-state index contributed by atoms with van der Waals surface area (Å²) >= 11 is 0. The zero-order chi connectivity index (χ0) is 16.0. The maximum Gasteiger partial charge on any atom is 0.237 e. The standard InChI is InChI=1S/C16H34N4O/c1-6-18-16(15(17)21)8-7-14(11-16)20(12-13(2)3)10-9-19(4)5/h13-14,18H,6-12H2,1-5H3,(H2,17,21). The van der Waals surface area contributed by atoms with Crippen LogP contribution in [0.1, 0.15) is 40.0 Å². The van der Waals surface area contributed by atoms with Gasteiger partial charge >= 0.3 is 0 Å². The molecule has 1 aliphatic carbocycles. The van der Waals surface area contributed by atoms with E-state index in [-0.39, 0.29) is 5.91 Å². The number of nitrogens with zero attached hydrogens (tertiary/aromatic N) is 2. The predicted octanol–water partition coefficient (Wildman–Crippen LogP) is 0.892. The minimum atomic E-state index is -0.493. The summed E-state index contributed by atoms with van der Waals surface area (Å²) in [6, 6.07) is 0.457. The summed E-state index contributed by atoms with van der Waals surface area (Å²) in [5, 5.41) is 3.35. The van der Waals surface area contributed by atoms with Crippen LogP contribution >= 0.6 is 0 Å². The number of rotatable bonds is 9. The molecule has 1 rings (SSSR count). The number of nitrogens with two attached hydrogens (primary N) is 1. The average molecular weight is 298 g/mol. The van der Waals surface area contributed by atoms with Crippen molar-refractivity contribution in [3.8, 4) is 0 Å². The van der Waals surface area contributed by atoms with Gasteiger partial charge in [-0.05, 0) is 45.8 Å². The van der Waals surface area contributed by atoms with Crippen molar-refractivity contribution < 1.29 is 4.79 Å². The van der Waals surface area contributed by atoms with Gasteiger partial charge in [0.2, 0.25) is 5.91 Å². The van der Waals surface area contributed by atoms with E-state index in [1.54, 1.807) is 0 Å². The van der Waals surface area contributed by atoms with Gasteiger partial charge in [0.1, 0.15) is 0 Å². The molecule has 1 amide bonds. The molecule has 21 heavy (non-hydrogen) atoms. The minimum Gasteiger partial charge on any atom is -0.368 e. The second-order valence-electron chi connectivity index (χ2n) is 7.07. The number of amides is 1. The van der Waals surface area contributed by atoms with E-state index < -0.39 is 5.54 Å². The number of hydrogen-bond donors (Lipinski definition) is 2. The molecule has 124 valence electrons. The van der Waals surface area contributed by atoms with Crippen LogP contribution in [0, 0.1) is 5.92 Å². The summed E-state index contributed by atoms with van der Waals surface area (Å²) in [7, 11) is 4.21. The Balaban J connectivity index is 2.73. The third kappa shape index (κ3) is 5.24. The molecule has 3 N–H and O–H groups in total. The second-order valence-corrected chi connectivity index (χ2v) is 7.07. The number of carbonyl (C=O) groups is 1. The van der Waals surface area contributed by atoms with Gasteiger partial charge in [-0.1, -0.05) is 20.8 Å². The van der Waals surface area contributed by atoms with Crippen molar-refractivity contribution in [2.75, 3.05) is 40.3 Å². The van der Waals surface area contributed by atoms with Crippen LogP contribution in [0.25, 0.3) is 0 Å². The van der Waals surface area contributed by atoms with Gasteiger partial charge in [0.15, 0.2) is 0 Å². The quantitative estimate of drug-likeness (QED) is 0.664. The monoisotopic (exact) mass is 298 g/mol. The fourth-order valence-electron chi connectivity index (χ4n) is 3.36. The van der Waals surface area contributed by atoms with E-state index in [2.05, 4.69) is 43.1 Å². The number of hydrogen-bond acceptors (Lipinski definition) is 4. The third-order valence-corrected chi connectivity index (χ3v) is 4.43. The summed E-state index contributed by atoms with van der Waals surface area (Å²) < 4.78 is 0. The van der Waals surface area contributed by atoms with Gasteiger partial charge in [-0.15, -0.1) is 0 Å². The zero-order valence-electron chi connectivity index (χ0n) is 14.5. The highest BCUT2D eigenvalue weighted by molar-refractivity contribution is 5.85. The molecule has 1 fully saturated rings. The highest BCUT2D eigenvalue weighted by atomic mass is 16.1. The lowest BCUT2D eigenvalue weighted by atomic mass is 9.96. The van der Waals surface area contributed by atoms with Crippen LogP contribution < -0.4 is 11.1 Å². The molecule has 0 aliphatic heterocycles. The van der Waals surface area contributed by atoms with Gasteiger partial charge in [0.05, 0.1) is 5.54 Å². The fraction of sp³-hybridized carbons (Fsp3) is 0.938. The van der Waals surface area contributed by atoms with E-state index in [9.17, 15) is 4.79 Å². The van der Waals surface area contributed by atoms with Crippen molar-refractivity contribution in [1.82, 2.24) is 15.1 Å². The minimum absolute atomic E-state index is 0.191. The maximum absolute atomic E-state index is 11.9. The zero-order valence-corrected chi connectivity index (χ0v) is 14.5. The molecule has 2 atom stereocenters. The van der Waals surface area contributed by atoms with E-state index in [1.807, 2.05) is 6.92 Å². The second kappa shape index (κ2) is 8.11. The van der Waals surface area contributed by atoms with Gasteiger partial charge in [-0.3, -0.25) is 9.69 Å². The van der Waals surface area contributed by atoms with Crippen LogP contribution in [0.2, 0.25) is 0 Å². The molecule has 0 saturated heterocycles. The molecule has 0 spiro atoms. The number of carbonyl (C=O) groups excluding carboxylic acids is 1. The topological polar surface area (TPSA) is 61.6 Å². The van der Waals surface area contributed by atoms with Crippen molar-refractivity contribution in [1.29, 1.82) is 0 Å². The van der Waals surface area contributed by atoms with Crippen LogP contribution in [0.15, 0.2) is 0 Å². The summed E-state index contributed by atoms with van der Waals surface area (Å²) in [4.78, 5) is 16.7. The van der Waals surface area contributed by atoms with Crippen molar-refractivity contribution in [3.63, 3.8) is 0 Å². The Hall–Kier alpha value is -0.650. The first-order valence-electron chi connectivity index (χ1n) is 8.24. The van der Waals surface area contributed by atoms with Gasteiger partial charge < -0.3 is 16.0 Å². The molecule has 0 bridgehead atoms. The molecule has 0 aromatic rings. The molecule has 0 heterocycles. The molecule has 5 nitrogen and oxygen atoms in total. The fourth-order valence-corrected chi connectivity index (χ4v) is 3.36. The number of likely N-dealkylation sites (N-methyl/N-ethyl adjacent to an activating group) is 2. The van der Waals surface area contributed by atoms with Gasteiger partial charge in [-0.2, -0.15) is 0 Å². The first-order chi connectivity index (χ1) is 9.80. The largest absolute Gasteiger partial charge is 0.368 e. The van der Waals surface area contributed by atoms with Crippen molar-refractivity contribution in [2.45, 2.75) is 51.6 Å². The molecule has 0 aromatic heterocycles. The first kappa shape index (κ1) is 18.4. The normalized spacial score (nSPS) is 26.2. The average Bonchev–Trinajstić information content (AvgIpc) is 2.80. The van der Waals surface area contributed by atoms with Crippen LogP contribution in [-0.2, 0) is 4.79 Å². The molecule has 0 aromatic carbocycles. The maximum atomic E-state index is 11.9. The lowest BCUT2D eigenvalue weighted by Gasteiger charge is -2.33. The van der Waals surface area contributed by atoms with Gasteiger partial charge in [0.25, 0.3) is 0 Å². The van der Waals surface area contributed by atoms with Crippen molar-refractivity contribution in [2.24, 2.45) is 11.7 Å². The summed E-state index contributed by atoms with van der Waals surface area (Å²) in [5.41, 5.74) is 5.18. The van der Waals surface area contributed by atoms with Crippen molar-refractivity contribution >= 4 is 5.91 Å². The highest BCUT2D eigenvalue weighted by Gasteiger charge is 2.44. The highest BCUT2D eigenvalue weighted by Crippen LogP contribution is 2.33. The summed E-state index contributed by atoms with van der Waals surface area (Å²) in [6.45, 7) is 10.5. The van der Waals surface area contributed by atoms with E-state index >= 15 is 0 Å². The van der Waals surface area contributed by atoms with E-state index in [0.29, 0.717) is 12.0 Å². The third-order valence-electron chi connectivity index (χ3n) is 4.43. The lowest BCUT2D eigenvalue weighted by molar-refractivity contribution is -0.124. The number of nitrogens with one attached hydrogen (secondary N) is 1. The molecule has 1 aliphatic rings. The molecule has 0 radical (unpaired) electrons. The number of primary amides is 1. The van der Waals surface area contributed by atoms with Gasteiger partial charge in [-0.25, -0.2) is 0 Å². The molecule has 2 unspecified atom stereocenters. The van der Waals surface area contributed by atoms with Crippen LogP contribution in [-0.4, -0.2) is 67.6 Å². The van der Waals surface area contributed by atoms with E-state index in [1.165, 1.54) is 0 Å². The Morgan fingerprint density at radius 2 is 2.05 bits per heavy atom. The lowest BCUT2D eigenvalue weighted by Crippen LogP contribution is -2.54. The summed E-state index contributed by atoms with van der Waals surface area (Å²) in [5.74, 6) is 0.443. The molecule has 5 heteroatoms. The SMILES string of the molecule is CCNC1(C(N)=O)CCC(N(CCN(C)C)CC(C)C)C1. The van der Waals surface area contributed by atoms with E-state index in [4.69, 9.17) is 5.73 Å². The summed E-state index contributed by atoms with van der Waals surface area (Å²) in [6.07, 6.45) is 2.75. The Morgan fingerprint density at radius 1 is 1.38 bits per heavy atom. The van der Waals surface area contributed by atoms with Crippen molar-refractivity contribution in [3.05, 3.63) is 0 Å². The Labute approximate surface area is 130 Å².